The highest BCUT2D eigenvalue weighted by Crippen LogP contribution is 2.42. The Kier molecular flexibility index (Phi) is 4.02. The van der Waals surface area contributed by atoms with Gasteiger partial charge in [-0.05, 0) is 10.9 Å². The molecule has 0 heterocycles. The van der Waals surface area contributed by atoms with E-state index in [1.807, 2.05) is 6.92 Å². The van der Waals surface area contributed by atoms with Crippen LogP contribution in [0.3, 0.4) is 0 Å². The molecule has 0 saturated heterocycles. The minimum absolute atomic E-state index is 0.0972. The Hall–Kier alpha value is 0.0800. The first-order chi connectivity index (χ1) is 4.12. The summed E-state index contributed by atoms with van der Waals surface area (Å²) in [6, 6.07) is 0. The van der Waals surface area contributed by atoms with Crippen molar-refractivity contribution in [2.45, 2.75) is 19.8 Å². The molecule has 3 nitrogen and oxygen atoms in total. The zero-order valence-electron chi connectivity index (χ0n) is 5.21. The molecule has 0 aliphatic heterocycles. The van der Waals surface area contributed by atoms with Gasteiger partial charge in [0.1, 0.15) is 0 Å². The van der Waals surface area contributed by atoms with E-state index in [0.29, 0.717) is 6.42 Å². The van der Waals surface area contributed by atoms with E-state index in [1.165, 1.54) is 0 Å². The summed E-state index contributed by atoms with van der Waals surface area (Å²) in [6.07, 6.45) is 1.17. The Labute approximate surface area is 53.3 Å². The number of hydrogen-bond acceptors (Lipinski definition) is 2. The van der Waals surface area contributed by atoms with Crippen molar-refractivity contribution < 1.29 is 18.7 Å². The highest BCUT2D eigenvalue weighted by molar-refractivity contribution is 7.52. The molecule has 0 radical (unpaired) electrons. The highest BCUT2D eigenvalue weighted by Gasteiger charge is 2.18. The number of unbranched alkanes of at least 4 members (excludes halogenated alkanes) is 1. The van der Waals surface area contributed by atoms with Gasteiger partial charge < -0.3 is 4.89 Å². The molecule has 5 heteroatoms. The second-order valence-electron chi connectivity index (χ2n) is 1.78. The average molecular weight is 156 g/mol. The molecule has 1 unspecified atom stereocenters. The Balaban J connectivity index is 3.46. The Morgan fingerprint density at radius 3 is 2.67 bits per heavy atom. The van der Waals surface area contributed by atoms with E-state index in [9.17, 15) is 9.09 Å². The van der Waals surface area contributed by atoms with Crippen molar-refractivity contribution in [1.82, 2.24) is 0 Å². The monoisotopic (exact) mass is 156 g/mol. The Morgan fingerprint density at radius 1 is 1.78 bits per heavy atom. The third-order valence-electron chi connectivity index (χ3n) is 0.902. The standard InChI is InChI=1S/C4H10FO3P/c1-2-3-4-9(6,7)8-5/h2-4H2,1H3,(H,6,7). The molecule has 9 heavy (non-hydrogen) atoms. The molecule has 0 aliphatic rings. The Morgan fingerprint density at radius 2 is 2.33 bits per heavy atom. The van der Waals surface area contributed by atoms with E-state index < -0.39 is 7.60 Å². The van der Waals surface area contributed by atoms with Gasteiger partial charge in [0, 0.05) is 0 Å². The van der Waals surface area contributed by atoms with Gasteiger partial charge in [-0.3, -0.25) is 4.57 Å². The van der Waals surface area contributed by atoms with Crippen LogP contribution < -0.4 is 0 Å². The van der Waals surface area contributed by atoms with Crippen LogP contribution in [-0.2, 0) is 9.29 Å². The minimum Gasteiger partial charge on any atom is -0.323 e. The normalized spacial score (nSPS) is 17.2. The molecule has 56 valence electrons. The summed E-state index contributed by atoms with van der Waals surface area (Å²) < 4.78 is 24.2. The maximum absolute atomic E-state index is 11.1. The molecule has 0 saturated carbocycles. The van der Waals surface area contributed by atoms with Crippen LogP contribution in [-0.4, -0.2) is 11.1 Å². The Bertz CT molecular complexity index is 116. The lowest BCUT2D eigenvalue weighted by molar-refractivity contribution is -0.0189. The second-order valence-corrected chi connectivity index (χ2v) is 3.64. The first-order valence-electron chi connectivity index (χ1n) is 2.74. The molecule has 0 rings (SSSR count). The molecule has 0 bridgehead atoms. The third-order valence-corrected chi connectivity index (χ3v) is 2.00. The molecule has 0 aromatic carbocycles. The summed E-state index contributed by atoms with van der Waals surface area (Å²) in [4.78, 5) is 8.41. The van der Waals surface area contributed by atoms with Crippen molar-refractivity contribution in [2.75, 3.05) is 6.16 Å². The van der Waals surface area contributed by atoms with Crippen molar-refractivity contribution in [3.8, 4) is 0 Å². The highest BCUT2D eigenvalue weighted by atomic mass is 31.2. The van der Waals surface area contributed by atoms with Crippen LogP contribution in [0.2, 0.25) is 0 Å². The fourth-order valence-corrected chi connectivity index (χ4v) is 1.18. The van der Waals surface area contributed by atoms with Crippen molar-refractivity contribution in [2.24, 2.45) is 0 Å². The van der Waals surface area contributed by atoms with Gasteiger partial charge in [-0.1, -0.05) is 13.3 Å². The smallest absolute Gasteiger partial charge is 0.323 e. The van der Waals surface area contributed by atoms with Gasteiger partial charge in [0.25, 0.3) is 0 Å². The molecular formula is C4H10FO3P. The summed E-state index contributed by atoms with van der Waals surface area (Å²) >= 11 is 0. The number of rotatable bonds is 4. The van der Waals surface area contributed by atoms with E-state index in [2.05, 4.69) is 4.73 Å². The van der Waals surface area contributed by atoms with E-state index in [4.69, 9.17) is 4.89 Å². The van der Waals surface area contributed by atoms with E-state index in [1.54, 1.807) is 0 Å². The number of hydrogen-bond donors (Lipinski definition) is 1. The average Bonchev–Trinajstić information content (AvgIpc) is 1.84. The maximum atomic E-state index is 11.1. The van der Waals surface area contributed by atoms with Crippen LogP contribution >= 0.6 is 7.60 Å². The van der Waals surface area contributed by atoms with Gasteiger partial charge >= 0.3 is 7.60 Å². The van der Waals surface area contributed by atoms with E-state index in [-0.39, 0.29) is 6.16 Å². The third kappa shape index (κ3) is 4.58. The maximum Gasteiger partial charge on any atom is 0.361 e. The fourth-order valence-electron chi connectivity index (χ4n) is 0.392. The fraction of sp³-hybridized carbons (Fsp3) is 1.00. The molecule has 0 amide bonds. The minimum atomic E-state index is -3.86. The molecule has 1 atom stereocenters. The summed E-state index contributed by atoms with van der Waals surface area (Å²) in [5.41, 5.74) is 0. The molecule has 0 aromatic rings. The number of halogens is 1. The lowest BCUT2D eigenvalue weighted by atomic mass is 10.4. The van der Waals surface area contributed by atoms with E-state index >= 15 is 0 Å². The zero-order chi connectivity index (χ0) is 7.33. The van der Waals surface area contributed by atoms with Crippen molar-refractivity contribution in [1.29, 1.82) is 0 Å². The van der Waals surface area contributed by atoms with E-state index in [0.717, 1.165) is 6.42 Å². The summed E-state index contributed by atoms with van der Waals surface area (Å²) in [6.45, 7) is 1.85. The quantitative estimate of drug-likeness (QED) is 0.632. The zero-order valence-corrected chi connectivity index (χ0v) is 6.10. The van der Waals surface area contributed by atoms with Crippen LogP contribution in [0.5, 0.6) is 0 Å². The van der Waals surface area contributed by atoms with Crippen LogP contribution in [0.15, 0.2) is 0 Å². The van der Waals surface area contributed by atoms with Crippen LogP contribution in [0.4, 0.5) is 4.53 Å². The predicted molar refractivity (Wildman–Crippen MR) is 31.8 cm³/mol. The van der Waals surface area contributed by atoms with Gasteiger partial charge in [-0.2, -0.15) is 0 Å². The topological polar surface area (TPSA) is 46.5 Å². The molecule has 0 aromatic heterocycles. The molecular weight excluding hydrogens is 146 g/mol. The molecule has 1 N–H and O–H groups in total. The summed E-state index contributed by atoms with van der Waals surface area (Å²) in [5.74, 6) is 0. The first-order valence-corrected chi connectivity index (χ1v) is 4.51. The molecule has 0 spiro atoms. The lowest BCUT2D eigenvalue weighted by Crippen LogP contribution is -1.87. The molecule has 0 fully saturated rings. The first kappa shape index (κ1) is 9.08. The predicted octanol–water partition coefficient (Wildman–Crippen LogP) is 1.87. The second kappa shape index (κ2) is 3.99. The molecule has 0 aliphatic carbocycles. The van der Waals surface area contributed by atoms with Gasteiger partial charge in [-0.25, -0.2) is 0 Å². The van der Waals surface area contributed by atoms with Gasteiger partial charge in [0.15, 0.2) is 0 Å². The summed E-state index contributed by atoms with van der Waals surface area (Å²) in [7, 11) is -3.86. The van der Waals surface area contributed by atoms with Crippen LogP contribution in [0.25, 0.3) is 0 Å². The largest absolute Gasteiger partial charge is 0.361 e. The SMILES string of the molecule is CCCCP(=O)(O)OF. The van der Waals surface area contributed by atoms with Crippen molar-refractivity contribution in [3.05, 3.63) is 0 Å². The van der Waals surface area contributed by atoms with Crippen LogP contribution in [0.1, 0.15) is 19.8 Å². The van der Waals surface area contributed by atoms with Crippen LogP contribution in [0, 0.1) is 0 Å². The van der Waals surface area contributed by atoms with Gasteiger partial charge in [0.2, 0.25) is 0 Å². The van der Waals surface area contributed by atoms with Gasteiger partial charge in [-0.15, -0.1) is 4.73 Å². The lowest BCUT2D eigenvalue weighted by Gasteiger charge is -2.01. The van der Waals surface area contributed by atoms with Gasteiger partial charge in [0.05, 0.1) is 6.16 Å². The summed E-state index contributed by atoms with van der Waals surface area (Å²) in [5, 5.41) is 0. The van der Waals surface area contributed by atoms with Crippen molar-refractivity contribution >= 4 is 7.60 Å². The van der Waals surface area contributed by atoms with Crippen molar-refractivity contribution in [3.63, 3.8) is 0 Å².